The standard InChI is InChI=1S/C16H21NO5/c1-2-20-9-10-22-12-11-21-8-7-17-15(18)13-5-3-4-6-14(13)16(17)19/h3-6H,2,7-12H2,1H3. The minimum Gasteiger partial charge on any atom is -0.379 e. The third kappa shape index (κ3) is 4.13. The molecule has 0 fully saturated rings. The maximum atomic E-state index is 12.1. The molecule has 1 aromatic rings. The Morgan fingerprint density at radius 3 is 1.86 bits per heavy atom. The summed E-state index contributed by atoms with van der Waals surface area (Å²) in [5.74, 6) is -0.505. The highest BCUT2D eigenvalue weighted by molar-refractivity contribution is 6.21. The van der Waals surface area contributed by atoms with Gasteiger partial charge in [0.05, 0.1) is 50.7 Å². The Balaban J connectivity index is 1.63. The van der Waals surface area contributed by atoms with Gasteiger partial charge in [0.25, 0.3) is 11.8 Å². The molecule has 0 bridgehead atoms. The number of hydrogen-bond donors (Lipinski definition) is 0. The largest absolute Gasteiger partial charge is 0.379 e. The minimum atomic E-state index is -0.253. The van der Waals surface area contributed by atoms with Crippen LogP contribution in [-0.4, -0.2) is 62.9 Å². The summed E-state index contributed by atoms with van der Waals surface area (Å²) in [6.07, 6.45) is 0. The number of benzene rings is 1. The Morgan fingerprint density at radius 2 is 1.32 bits per heavy atom. The van der Waals surface area contributed by atoms with Gasteiger partial charge in [0.2, 0.25) is 0 Å². The minimum absolute atomic E-state index is 0.253. The third-order valence-corrected chi connectivity index (χ3v) is 3.29. The van der Waals surface area contributed by atoms with Crippen LogP contribution in [0.5, 0.6) is 0 Å². The van der Waals surface area contributed by atoms with Crippen LogP contribution in [-0.2, 0) is 14.2 Å². The lowest BCUT2D eigenvalue weighted by atomic mass is 10.1. The second-order valence-electron chi connectivity index (χ2n) is 4.73. The summed E-state index contributed by atoms with van der Waals surface area (Å²) < 4.78 is 15.8. The summed E-state index contributed by atoms with van der Waals surface area (Å²) in [5.41, 5.74) is 0.929. The van der Waals surface area contributed by atoms with Crippen molar-refractivity contribution >= 4 is 11.8 Å². The molecule has 6 heteroatoms. The summed E-state index contributed by atoms with van der Waals surface area (Å²) in [4.78, 5) is 25.4. The molecule has 22 heavy (non-hydrogen) atoms. The fourth-order valence-corrected chi connectivity index (χ4v) is 2.18. The Kier molecular flexibility index (Phi) is 6.51. The van der Waals surface area contributed by atoms with Gasteiger partial charge in [-0.25, -0.2) is 0 Å². The number of imide groups is 1. The van der Waals surface area contributed by atoms with Crippen LogP contribution in [0, 0.1) is 0 Å². The van der Waals surface area contributed by atoms with E-state index in [9.17, 15) is 9.59 Å². The first kappa shape index (κ1) is 16.6. The van der Waals surface area contributed by atoms with E-state index in [1.54, 1.807) is 24.3 Å². The van der Waals surface area contributed by atoms with Crippen molar-refractivity contribution < 1.29 is 23.8 Å². The van der Waals surface area contributed by atoms with E-state index >= 15 is 0 Å². The molecule has 1 aliphatic rings. The predicted octanol–water partition coefficient (Wildman–Crippen LogP) is 1.35. The van der Waals surface area contributed by atoms with Crippen molar-refractivity contribution in [3.63, 3.8) is 0 Å². The Bertz CT molecular complexity index is 482. The third-order valence-electron chi connectivity index (χ3n) is 3.29. The van der Waals surface area contributed by atoms with Gasteiger partial charge in [-0.3, -0.25) is 14.5 Å². The van der Waals surface area contributed by atoms with Crippen LogP contribution in [0.3, 0.4) is 0 Å². The molecule has 1 aromatic carbocycles. The summed E-state index contributed by atoms with van der Waals surface area (Å²) in [6, 6.07) is 6.85. The van der Waals surface area contributed by atoms with Gasteiger partial charge < -0.3 is 14.2 Å². The van der Waals surface area contributed by atoms with Crippen molar-refractivity contribution in [1.29, 1.82) is 0 Å². The molecule has 0 saturated carbocycles. The molecule has 1 heterocycles. The molecule has 0 unspecified atom stereocenters. The summed E-state index contributed by atoms with van der Waals surface area (Å²) >= 11 is 0. The van der Waals surface area contributed by atoms with Crippen molar-refractivity contribution in [1.82, 2.24) is 4.90 Å². The van der Waals surface area contributed by atoms with Gasteiger partial charge in [0, 0.05) is 6.61 Å². The quantitative estimate of drug-likeness (QED) is 0.482. The van der Waals surface area contributed by atoms with Crippen molar-refractivity contribution in [2.24, 2.45) is 0 Å². The van der Waals surface area contributed by atoms with Crippen LogP contribution in [0.1, 0.15) is 27.6 Å². The smallest absolute Gasteiger partial charge is 0.261 e. The maximum absolute atomic E-state index is 12.1. The normalized spacial score (nSPS) is 13.8. The average molecular weight is 307 g/mol. The van der Waals surface area contributed by atoms with E-state index in [0.717, 1.165) is 0 Å². The molecule has 0 aromatic heterocycles. The number of fused-ring (bicyclic) bond motifs is 1. The number of ether oxygens (including phenoxy) is 3. The molecule has 0 spiro atoms. The van der Waals surface area contributed by atoms with Crippen molar-refractivity contribution in [3.8, 4) is 0 Å². The van der Waals surface area contributed by atoms with E-state index in [-0.39, 0.29) is 18.4 Å². The highest BCUT2D eigenvalue weighted by Gasteiger charge is 2.34. The van der Waals surface area contributed by atoms with E-state index in [1.165, 1.54) is 4.90 Å². The molecule has 120 valence electrons. The number of carbonyl (C=O) groups is 2. The van der Waals surface area contributed by atoms with Gasteiger partial charge in [0.1, 0.15) is 0 Å². The molecule has 0 saturated heterocycles. The highest BCUT2D eigenvalue weighted by Crippen LogP contribution is 2.21. The van der Waals surface area contributed by atoms with E-state index in [2.05, 4.69) is 0 Å². The van der Waals surface area contributed by atoms with Gasteiger partial charge in [-0.15, -0.1) is 0 Å². The molecule has 2 amide bonds. The van der Waals surface area contributed by atoms with Crippen LogP contribution in [0.15, 0.2) is 24.3 Å². The molecule has 0 atom stereocenters. The van der Waals surface area contributed by atoms with Gasteiger partial charge in [-0.1, -0.05) is 12.1 Å². The SMILES string of the molecule is CCOCCOCCOCCN1C(=O)c2ccccc2C1=O. The molecule has 0 N–H and O–H groups in total. The van der Waals surface area contributed by atoms with Crippen LogP contribution in [0.4, 0.5) is 0 Å². The maximum Gasteiger partial charge on any atom is 0.261 e. The van der Waals surface area contributed by atoms with Crippen LogP contribution in [0.25, 0.3) is 0 Å². The molecule has 1 aliphatic heterocycles. The predicted molar refractivity (Wildman–Crippen MR) is 79.9 cm³/mol. The number of rotatable bonds is 10. The lowest BCUT2D eigenvalue weighted by Gasteiger charge is -2.13. The Labute approximate surface area is 129 Å². The zero-order chi connectivity index (χ0) is 15.8. The lowest BCUT2D eigenvalue weighted by Crippen LogP contribution is -2.33. The van der Waals surface area contributed by atoms with Crippen LogP contribution in [0.2, 0.25) is 0 Å². The van der Waals surface area contributed by atoms with E-state index < -0.39 is 0 Å². The van der Waals surface area contributed by atoms with Crippen LogP contribution < -0.4 is 0 Å². The second kappa shape index (κ2) is 8.63. The fourth-order valence-electron chi connectivity index (χ4n) is 2.18. The number of amides is 2. The lowest BCUT2D eigenvalue weighted by molar-refractivity contribution is 0.0132. The van der Waals surface area contributed by atoms with Gasteiger partial charge in [-0.05, 0) is 19.1 Å². The van der Waals surface area contributed by atoms with Crippen LogP contribution >= 0.6 is 0 Å². The van der Waals surface area contributed by atoms with Crippen molar-refractivity contribution in [2.75, 3.05) is 46.2 Å². The van der Waals surface area contributed by atoms with Gasteiger partial charge >= 0.3 is 0 Å². The van der Waals surface area contributed by atoms with Gasteiger partial charge in [-0.2, -0.15) is 0 Å². The molecule has 0 aliphatic carbocycles. The number of carbonyl (C=O) groups excluding carboxylic acids is 2. The topological polar surface area (TPSA) is 65.1 Å². The van der Waals surface area contributed by atoms with E-state index in [1.807, 2.05) is 6.92 Å². The van der Waals surface area contributed by atoms with Crippen molar-refractivity contribution in [2.45, 2.75) is 6.92 Å². The van der Waals surface area contributed by atoms with E-state index in [4.69, 9.17) is 14.2 Å². The molecular formula is C16H21NO5. The molecule has 2 rings (SSSR count). The number of nitrogens with zero attached hydrogens (tertiary/aromatic N) is 1. The zero-order valence-corrected chi connectivity index (χ0v) is 12.7. The highest BCUT2D eigenvalue weighted by atomic mass is 16.5. The average Bonchev–Trinajstić information content (AvgIpc) is 2.78. The van der Waals surface area contributed by atoms with Crippen molar-refractivity contribution in [3.05, 3.63) is 35.4 Å². The summed E-state index contributed by atoms with van der Waals surface area (Å²) in [5, 5.41) is 0. The zero-order valence-electron chi connectivity index (χ0n) is 12.7. The fraction of sp³-hybridized carbons (Fsp3) is 0.500. The van der Waals surface area contributed by atoms with E-state index in [0.29, 0.717) is 50.8 Å². The monoisotopic (exact) mass is 307 g/mol. The summed E-state index contributed by atoms with van der Waals surface area (Å²) in [7, 11) is 0. The summed E-state index contributed by atoms with van der Waals surface area (Å²) in [6.45, 7) is 5.18. The molecular weight excluding hydrogens is 286 g/mol. The Morgan fingerprint density at radius 1 is 0.818 bits per heavy atom. The first-order valence-corrected chi connectivity index (χ1v) is 7.44. The molecule has 6 nitrogen and oxygen atoms in total. The second-order valence-corrected chi connectivity index (χ2v) is 4.73. The number of hydrogen-bond acceptors (Lipinski definition) is 5. The van der Waals surface area contributed by atoms with Gasteiger partial charge in [0.15, 0.2) is 0 Å². The first-order valence-electron chi connectivity index (χ1n) is 7.44. The molecule has 0 radical (unpaired) electrons. The Hall–Kier alpha value is -1.76. The first-order chi connectivity index (χ1) is 10.8.